The van der Waals surface area contributed by atoms with Crippen molar-refractivity contribution in [2.24, 2.45) is 0 Å². The predicted molar refractivity (Wildman–Crippen MR) is 88.1 cm³/mol. The summed E-state index contributed by atoms with van der Waals surface area (Å²) in [5, 5.41) is 0.553. The summed E-state index contributed by atoms with van der Waals surface area (Å²) in [6.07, 6.45) is 0. The van der Waals surface area contributed by atoms with Crippen LogP contribution in [0.4, 0.5) is 0 Å². The first-order valence-corrected chi connectivity index (χ1v) is 7.79. The SMILES string of the molecule is Cc1ccc(OCCn2c(=O)[nH]c3sc(C)cc3c2=O)cc1. The van der Waals surface area contributed by atoms with Gasteiger partial charge in [-0.25, -0.2) is 4.79 Å². The van der Waals surface area contributed by atoms with Gasteiger partial charge in [-0.2, -0.15) is 0 Å². The van der Waals surface area contributed by atoms with E-state index in [1.165, 1.54) is 15.9 Å². The van der Waals surface area contributed by atoms with Crippen LogP contribution in [0.2, 0.25) is 0 Å². The fourth-order valence-electron chi connectivity index (χ4n) is 2.26. The average molecular weight is 316 g/mol. The molecule has 0 aliphatic heterocycles. The number of ether oxygens (including phenoxy) is 1. The number of hydrogen-bond acceptors (Lipinski definition) is 4. The Bertz CT molecular complexity index is 919. The molecule has 3 aromatic rings. The zero-order valence-corrected chi connectivity index (χ0v) is 13.2. The van der Waals surface area contributed by atoms with Gasteiger partial charge in [0.25, 0.3) is 5.56 Å². The van der Waals surface area contributed by atoms with Crippen molar-refractivity contribution in [2.45, 2.75) is 20.4 Å². The van der Waals surface area contributed by atoms with Gasteiger partial charge in [0.1, 0.15) is 17.2 Å². The molecule has 3 rings (SSSR count). The van der Waals surface area contributed by atoms with Crippen LogP contribution in [-0.2, 0) is 6.54 Å². The van der Waals surface area contributed by atoms with Gasteiger partial charge in [0, 0.05) is 4.88 Å². The summed E-state index contributed by atoms with van der Waals surface area (Å²) < 4.78 is 6.77. The van der Waals surface area contributed by atoms with Crippen LogP contribution in [0.3, 0.4) is 0 Å². The Labute approximate surface area is 130 Å². The third-order valence-electron chi connectivity index (χ3n) is 3.40. The van der Waals surface area contributed by atoms with Crippen molar-refractivity contribution >= 4 is 21.6 Å². The highest BCUT2D eigenvalue weighted by atomic mass is 32.1. The van der Waals surface area contributed by atoms with Gasteiger partial charge in [-0.05, 0) is 32.0 Å². The smallest absolute Gasteiger partial charge is 0.329 e. The van der Waals surface area contributed by atoms with Gasteiger partial charge < -0.3 is 4.74 Å². The fourth-order valence-corrected chi connectivity index (χ4v) is 3.15. The van der Waals surface area contributed by atoms with Crippen LogP contribution >= 0.6 is 11.3 Å². The maximum Gasteiger partial charge on any atom is 0.329 e. The van der Waals surface area contributed by atoms with E-state index in [1.807, 2.05) is 38.1 Å². The molecule has 0 aliphatic carbocycles. The maximum atomic E-state index is 12.3. The van der Waals surface area contributed by atoms with Crippen LogP contribution in [0.1, 0.15) is 10.4 Å². The number of aromatic nitrogens is 2. The van der Waals surface area contributed by atoms with Crippen LogP contribution in [-0.4, -0.2) is 16.2 Å². The summed E-state index contributed by atoms with van der Waals surface area (Å²) >= 11 is 1.41. The molecule has 6 heteroatoms. The highest BCUT2D eigenvalue weighted by Gasteiger charge is 2.10. The molecule has 0 fully saturated rings. The number of aromatic amines is 1. The zero-order chi connectivity index (χ0) is 15.7. The summed E-state index contributed by atoms with van der Waals surface area (Å²) in [6.45, 7) is 4.39. The number of thiophene rings is 1. The van der Waals surface area contributed by atoms with E-state index >= 15 is 0 Å². The van der Waals surface area contributed by atoms with Gasteiger partial charge in [-0.15, -0.1) is 11.3 Å². The Balaban J connectivity index is 1.80. The molecule has 1 N–H and O–H groups in total. The zero-order valence-electron chi connectivity index (χ0n) is 12.4. The minimum absolute atomic E-state index is 0.215. The molecule has 2 heterocycles. The van der Waals surface area contributed by atoms with Crippen LogP contribution < -0.4 is 16.0 Å². The van der Waals surface area contributed by atoms with Crippen molar-refractivity contribution in [3.63, 3.8) is 0 Å². The van der Waals surface area contributed by atoms with E-state index in [-0.39, 0.29) is 18.7 Å². The normalized spacial score (nSPS) is 11.0. The second-order valence-corrected chi connectivity index (χ2v) is 6.40. The van der Waals surface area contributed by atoms with Gasteiger partial charge in [0.15, 0.2) is 0 Å². The minimum Gasteiger partial charge on any atom is -0.492 e. The fraction of sp³-hybridized carbons (Fsp3) is 0.250. The van der Waals surface area contributed by atoms with Gasteiger partial charge >= 0.3 is 5.69 Å². The number of rotatable bonds is 4. The lowest BCUT2D eigenvalue weighted by molar-refractivity contribution is 0.294. The van der Waals surface area contributed by atoms with Crippen LogP contribution in [0.15, 0.2) is 39.9 Å². The Morgan fingerprint density at radius 2 is 1.91 bits per heavy atom. The Morgan fingerprint density at radius 1 is 1.18 bits per heavy atom. The lowest BCUT2D eigenvalue weighted by atomic mass is 10.2. The molecule has 0 aliphatic rings. The van der Waals surface area contributed by atoms with Gasteiger partial charge in [-0.1, -0.05) is 17.7 Å². The molecule has 0 saturated heterocycles. The molecule has 2 aromatic heterocycles. The van der Waals surface area contributed by atoms with Gasteiger partial charge in [0.2, 0.25) is 0 Å². The molecule has 22 heavy (non-hydrogen) atoms. The van der Waals surface area contributed by atoms with Crippen molar-refractivity contribution in [1.82, 2.24) is 9.55 Å². The molecule has 0 unspecified atom stereocenters. The van der Waals surface area contributed by atoms with E-state index in [2.05, 4.69) is 4.98 Å². The molecule has 1 aromatic carbocycles. The quantitative estimate of drug-likeness (QED) is 0.804. The van der Waals surface area contributed by atoms with Crippen molar-refractivity contribution in [3.05, 3.63) is 61.6 Å². The first-order chi connectivity index (χ1) is 10.5. The van der Waals surface area contributed by atoms with E-state index < -0.39 is 5.69 Å². The molecule has 0 bridgehead atoms. The second-order valence-electron chi connectivity index (χ2n) is 5.15. The third kappa shape index (κ3) is 2.82. The van der Waals surface area contributed by atoms with Crippen LogP contribution in [0.5, 0.6) is 5.75 Å². The first-order valence-electron chi connectivity index (χ1n) is 6.97. The maximum absolute atomic E-state index is 12.3. The standard InChI is InChI=1S/C16H16N2O3S/c1-10-3-5-12(6-4-10)21-8-7-18-15(19)13-9-11(2)22-14(13)17-16(18)20/h3-6,9H,7-8H2,1-2H3,(H,17,20). The molecule has 5 nitrogen and oxygen atoms in total. The summed E-state index contributed by atoms with van der Waals surface area (Å²) in [6, 6.07) is 9.44. The summed E-state index contributed by atoms with van der Waals surface area (Å²) in [4.78, 5) is 28.7. The number of H-pyrrole nitrogens is 1. The summed E-state index contributed by atoms with van der Waals surface area (Å²) in [7, 11) is 0. The highest BCUT2D eigenvalue weighted by Crippen LogP contribution is 2.18. The number of benzene rings is 1. The summed E-state index contributed by atoms with van der Waals surface area (Å²) in [5.74, 6) is 0.725. The number of nitrogens with zero attached hydrogens (tertiary/aromatic N) is 1. The van der Waals surface area contributed by atoms with E-state index in [9.17, 15) is 9.59 Å². The predicted octanol–water partition coefficient (Wildman–Crippen LogP) is 2.45. The molecule has 0 saturated carbocycles. The minimum atomic E-state index is -0.396. The molecule has 0 spiro atoms. The molecule has 0 atom stereocenters. The van der Waals surface area contributed by atoms with Crippen molar-refractivity contribution in [1.29, 1.82) is 0 Å². The highest BCUT2D eigenvalue weighted by molar-refractivity contribution is 7.18. The van der Waals surface area contributed by atoms with Gasteiger partial charge in [-0.3, -0.25) is 14.3 Å². The monoisotopic (exact) mass is 316 g/mol. The average Bonchev–Trinajstić information content (AvgIpc) is 2.85. The second kappa shape index (κ2) is 5.81. The molecule has 114 valence electrons. The topological polar surface area (TPSA) is 64.1 Å². The Kier molecular flexibility index (Phi) is 3.85. The molecule has 0 amide bonds. The van der Waals surface area contributed by atoms with Crippen LogP contribution in [0, 0.1) is 13.8 Å². The van der Waals surface area contributed by atoms with Gasteiger partial charge in [0.05, 0.1) is 11.9 Å². The van der Waals surface area contributed by atoms with E-state index in [0.29, 0.717) is 10.2 Å². The third-order valence-corrected chi connectivity index (χ3v) is 4.37. The van der Waals surface area contributed by atoms with Crippen LogP contribution in [0.25, 0.3) is 10.2 Å². The van der Waals surface area contributed by atoms with Crippen molar-refractivity contribution in [2.75, 3.05) is 6.61 Å². The lowest BCUT2D eigenvalue weighted by Crippen LogP contribution is -2.36. The van der Waals surface area contributed by atoms with E-state index in [1.54, 1.807) is 6.07 Å². The van der Waals surface area contributed by atoms with E-state index in [4.69, 9.17) is 4.74 Å². The largest absolute Gasteiger partial charge is 0.492 e. The van der Waals surface area contributed by atoms with Crippen molar-refractivity contribution in [3.8, 4) is 5.75 Å². The number of fused-ring (bicyclic) bond motifs is 1. The number of nitrogens with one attached hydrogen (secondary N) is 1. The van der Waals surface area contributed by atoms with Crippen molar-refractivity contribution < 1.29 is 4.74 Å². The lowest BCUT2D eigenvalue weighted by Gasteiger charge is -2.08. The molecule has 0 radical (unpaired) electrons. The molecular formula is C16H16N2O3S. The Hall–Kier alpha value is -2.34. The molecular weight excluding hydrogens is 300 g/mol. The number of aryl methyl sites for hydroxylation is 2. The summed E-state index contributed by atoms with van der Waals surface area (Å²) in [5.41, 5.74) is 0.487. The van der Waals surface area contributed by atoms with E-state index in [0.717, 1.165) is 16.2 Å². The Morgan fingerprint density at radius 3 is 2.64 bits per heavy atom. The first kappa shape index (κ1) is 14.6. The number of hydrogen-bond donors (Lipinski definition) is 1.